The molecule has 166 valence electrons. The zero-order valence-electron chi connectivity index (χ0n) is 18.0. The van der Waals surface area contributed by atoms with E-state index in [1.165, 1.54) is 17.3 Å². The van der Waals surface area contributed by atoms with Crippen LogP contribution >= 0.6 is 27.7 Å². The second kappa shape index (κ2) is 11.6. The lowest BCUT2D eigenvalue weighted by Gasteiger charge is -2.12. The first kappa shape index (κ1) is 23.7. The third-order valence-electron chi connectivity index (χ3n) is 4.50. The monoisotopic (exact) mass is 512 g/mol. The molecule has 0 spiro atoms. The molecule has 2 aromatic carbocycles. The molecule has 1 heterocycles. The van der Waals surface area contributed by atoms with E-state index in [2.05, 4.69) is 67.6 Å². The fourth-order valence-electron chi connectivity index (χ4n) is 2.76. The Labute approximate surface area is 200 Å². The molecular formula is C23H25BrN6OS. The first-order chi connectivity index (χ1) is 15.5. The molecule has 1 atom stereocenters. The molecule has 1 aromatic heterocycles. The summed E-state index contributed by atoms with van der Waals surface area (Å²) in [7, 11) is 0. The van der Waals surface area contributed by atoms with Gasteiger partial charge in [0.1, 0.15) is 0 Å². The lowest BCUT2D eigenvalue weighted by atomic mass is 10.2. The van der Waals surface area contributed by atoms with Crippen LogP contribution < -0.4 is 10.7 Å². The molecule has 0 aliphatic carbocycles. The molecule has 2 N–H and O–H groups in total. The van der Waals surface area contributed by atoms with E-state index in [0.29, 0.717) is 18.2 Å². The lowest BCUT2D eigenvalue weighted by Crippen LogP contribution is -2.27. The summed E-state index contributed by atoms with van der Waals surface area (Å²) in [6.07, 6.45) is 3.39. The van der Waals surface area contributed by atoms with E-state index in [-0.39, 0.29) is 5.91 Å². The van der Waals surface area contributed by atoms with Crippen LogP contribution in [0.15, 0.2) is 75.9 Å². The molecule has 3 aromatic rings. The molecular weight excluding hydrogens is 488 g/mol. The number of hydrazone groups is 1. The summed E-state index contributed by atoms with van der Waals surface area (Å²) in [6.45, 7) is 8.76. The average molecular weight is 513 g/mol. The molecule has 0 saturated heterocycles. The van der Waals surface area contributed by atoms with Crippen LogP contribution in [0.25, 0.3) is 0 Å². The molecule has 0 aliphatic heterocycles. The smallest absolute Gasteiger partial charge is 0.253 e. The maximum Gasteiger partial charge on any atom is 0.253 e. The quantitative estimate of drug-likeness (QED) is 0.177. The summed E-state index contributed by atoms with van der Waals surface area (Å²) in [6, 6.07) is 15.8. The highest BCUT2D eigenvalue weighted by atomic mass is 79.9. The highest BCUT2D eigenvalue weighted by Gasteiger charge is 2.19. The molecule has 1 amide bonds. The van der Waals surface area contributed by atoms with Gasteiger partial charge in [0.15, 0.2) is 11.0 Å². The standard InChI is InChI=1S/C23H25BrN6OS/c1-4-12-30-21(15-25-20-10-8-16(2)9-11-20)27-29-23(30)32-17(3)22(31)28-26-14-18-6-5-7-19(24)13-18/h4-11,13-14,17,25H,1,12,15H2,2-3H3,(H,28,31)/b26-14+. The van der Waals surface area contributed by atoms with Crippen LogP contribution in [0.5, 0.6) is 0 Å². The van der Waals surface area contributed by atoms with Gasteiger partial charge in [0.2, 0.25) is 0 Å². The second-order valence-electron chi connectivity index (χ2n) is 7.07. The van der Waals surface area contributed by atoms with Crippen molar-refractivity contribution in [1.82, 2.24) is 20.2 Å². The van der Waals surface area contributed by atoms with Crippen molar-refractivity contribution in [1.29, 1.82) is 0 Å². The SMILES string of the molecule is C=CCn1c(CNc2ccc(C)cc2)nnc1SC(C)C(=O)N/N=C/c1cccc(Br)c1. The van der Waals surface area contributed by atoms with E-state index in [9.17, 15) is 4.79 Å². The number of benzene rings is 2. The Morgan fingerprint density at radius 2 is 2.06 bits per heavy atom. The van der Waals surface area contributed by atoms with Gasteiger partial charge in [-0.1, -0.05) is 63.6 Å². The molecule has 0 saturated carbocycles. The van der Waals surface area contributed by atoms with Gasteiger partial charge in [0.05, 0.1) is 18.0 Å². The summed E-state index contributed by atoms with van der Waals surface area (Å²) < 4.78 is 2.90. The van der Waals surface area contributed by atoms with E-state index < -0.39 is 5.25 Å². The summed E-state index contributed by atoms with van der Waals surface area (Å²) in [5.41, 5.74) is 5.68. The predicted octanol–water partition coefficient (Wildman–Crippen LogP) is 4.78. The van der Waals surface area contributed by atoms with Crippen molar-refractivity contribution < 1.29 is 4.79 Å². The number of aryl methyl sites for hydroxylation is 1. The number of rotatable bonds is 10. The molecule has 7 nitrogen and oxygen atoms in total. The van der Waals surface area contributed by atoms with E-state index in [0.717, 1.165) is 21.5 Å². The van der Waals surface area contributed by atoms with E-state index in [1.807, 2.05) is 47.9 Å². The van der Waals surface area contributed by atoms with Crippen molar-refractivity contribution in [2.24, 2.45) is 5.10 Å². The summed E-state index contributed by atoms with van der Waals surface area (Å²) in [4.78, 5) is 12.5. The number of anilines is 1. The fourth-order valence-corrected chi connectivity index (χ4v) is 4.05. The largest absolute Gasteiger partial charge is 0.378 e. The van der Waals surface area contributed by atoms with Crippen molar-refractivity contribution in [3.8, 4) is 0 Å². The van der Waals surface area contributed by atoms with Crippen molar-refractivity contribution in [3.63, 3.8) is 0 Å². The Morgan fingerprint density at radius 1 is 1.28 bits per heavy atom. The van der Waals surface area contributed by atoms with E-state index in [4.69, 9.17) is 0 Å². The van der Waals surface area contributed by atoms with E-state index >= 15 is 0 Å². The van der Waals surface area contributed by atoms with Gasteiger partial charge in [-0.15, -0.1) is 16.8 Å². The number of amides is 1. The van der Waals surface area contributed by atoms with Crippen molar-refractivity contribution >= 4 is 45.5 Å². The van der Waals surface area contributed by atoms with Gasteiger partial charge in [-0.3, -0.25) is 4.79 Å². The topological polar surface area (TPSA) is 84.2 Å². The maximum atomic E-state index is 12.5. The van der Waals surface area contributed by atoms with Gasteiger partial charge in [-0.05, 0) is 43.7 Å². The Balaban J connectivity index is 1.60. The molecule has 0 radical (unpaired) electrons. The minimum absolute atomic E-state index is 0.214. The first-order valence-electron chi connectivity index (χ1n) is 10.0. The molecule has 0 fully saturated rings. The first-order valence-corrected chi connectivity index (χ1v) is 11.7. The lowest BCUT2D eigenvalue weighted by molar-refractivity contribution is -0.120. The van der Waals surface area contributed by atoms with Gasteiger partial charge in [0.25, 0.3) is 5.91 Å². The number of carbonyl (C=O) groups excluding carboxylic acids is 1. The highest BCUT2D eigenvalue weighted by Crippen LogP contribution is 2.23. The number of allylic oxidation sites excluding steroid dienone is 1. The number of aromatic nitrogens is 3. The van der Waals surface area contributed by atoms with E-state index in [1.54, 1.807) is 12.3 Å². The number of nitrogens with zero attached hydrogens (tertiary/aromatic N) is 4. The molecule has 0 aliphatic rings. The molecule has 32 heavy (non-hydrogen) atoms. The zero-order chi connectivity index (χ0) is 22.9. The Morgan fingerprint density at radius 3 is 2.78 bits per heavy atom. The molecule has 1 unspecified atom stereocenters. The number of halogens is 1. The van der Waals surface area contributed by atoms with Crippen LogP contribution in [0.4, 0.5) is 5.69 Å². The van der Waals surface area contributed by atoms with Gasteiger partial charge >= 0.3 is 0 Å². The fraction of sp³-hybridized carbons (Fsp3) is 0.217. The molecule has 0 bridgehead atoms. The number of nitrogens with one attached hydrogen (secondary N) is 2. The van der Waals surface area contributed by atoms with Crippen LogP contribution in [-0.2, 0) is 17.9 Å². The summed E-state index contributed by atoms with van der Waals surface area (Å²) >= 11 is 4.74. The van der Waals surface area contributed by atoms with Crippen molar-refractivity contribution in [2.45, 2.75) is 37.3 Å². The highest BCUT2D eigenvalue weighted by molar-refractivity contribution is 9.10. The molecule has 9 heteroatoms. The Kier molecular flexibility index (Phi) is 8.64. The van der Waals surface area contributed by atoms with Gasteiger partial charge in [0, 0.05) is 16.7 Å². The minimum Gasteiger partial charge on any atom is -0.378 e. The normalized spacial score (nSPS) is 12.0. The minimum atomic E-state index is -0.402. The van der Waals surface area contributed by atoms with Crippen LogP contribution in [0.2, 0.25) is 0 Å². The second-order valence-corrected chi connectivity index (χ2v) is 9.29. The number of hydrogen-bond acceptors (Lipinski definition) is 6. The Hall–Kier alpha value is -2.91. The van der Waals surface area contributed by atoms with Gasteiger partial charge in [-0.2, -0.15) is 5.10 Å². The number of thioether (sulfide) groups is 1. The third kappa shape index (κ3) is 6.80. The van der Waals surface area contributed by atoms with Gasteiger partial charge < -0.3 is 9.88 Å². The van der Waals surface area contributed by atoms with Crippen LogP contribution in [-0.4, -0.2) is 32.1 Å². The average Bonchev–Trinajstić information content (AvgIpc) is 3.15. The maximum absolute atomic E-state index is 12.5. The number of hydrogen-bond donors (Lipinski definition) is 2. The summed E-state index contributed by atoms with van der Waals surface area (Å²) in [5, 5.41) is 16.3. The van der Waals surface area contributed by atoms with Crippen LogP contribution in [0.3, 0.4) is 0 Å². The third-order valence-corrected chi connectivity index (χ3v) is 6.07. The summed E-state index contributed by atoms with van der Waals surface area (Å²) in [5.74, 6) is 0.557. The van der Waals surface area contributed by atoms with Crippen molar-refractivity contribution in [3.05, 3.63) is 82.6 Å². The molecule has 3 rings (SSSR count). The predicted molar refractivity (Wildman–Crippen MR) is 134 cm³/mol. The zero-order valence-corrected chi connectivity index (χ0v) is 20.4. The Bertz CT molecular complexity index is 1100. The van der Waals surface area contributed by atoms with Crippen LogP contribution in [0, 0.1) is 6.92 Å². The number of carbonyl (C=O) groups is 1. The van der Waals surface area contributed by atoms with Crippen LogP contribution in [0.1, 0.15) is 23.9 Å². The van der Waals surface area contributed by atoms with Crippen molar-refractivity contribution in [2.75, 3.05) is 5.32 Å². The van der Waals surface area contributed by atoms with Gasteiger partial charge in [-0.25, -0.2) is 5.43 Å².